The molecular weight excluding hydrogens is 238 g/mol. The van der Waals surface area contributed by atoms with Crippen molar-refractivity contribution >= 4 is 17.6 Å². The fourth-order valence-electron chi connectivity index (χ4n) is 1.87. The summed E-state index contributed by atoms with van der Waals surface area (Å²) in [7, 11) is 0. The zero-order valence-electron chi connectivity index (χ0n) is 12.8. The van der Waals surface area contributed by atoms with E-state index in [0.717, 1.165) is 0 Å². The van der Waals surface area contributed by atoms with Crippen LogP contribution in [-0.2, 0) is 0 Å². The summed E-state index contributed by atoms with van der Waals surface area (Å²) in [5.74, 6) is 1.10. The molecule has 0 aromatic heterocycles. The summed E-state index contributed by atoms with van der Waals surface area (Å²) in [6.45, 7) is 15.7. The Morgan fingerprint density at radius 1 is 0.944 bits per heavy atom. The molecule has 0 saturated heterocycles. The maximum absolute atomic E-state index is 3.60. The van der Waals surface area contributed by atoms with E-state index in [1.165, 1.54) is 16.8 Å². The lowest BCUT2D eigenvalue weighted by molar-refractivity contribution is 0.804. The molecule has 1 rings (SSSR count). The summed E-state index contributed by atoms with van der Waals surface area (Å²) in [6, 6.07) is 6.65. The number of hydrogen-bond donors (Lipinski definition) is 1. The first kappa shape index (κ1) is 15.4. The molecule has 0 saturated carbocycles. The molecule has 2 heteroatoms. The Morgan fingerprint density at radius 2 is 1.39 bits per heavy atom. The third kappa shape index (κ3) is 4.24. The summed E-state index contributed by atoms with van der Waals surface area (Å²) in [5.41, 5.74) is 4.15. The summed E-state index contributed by atoms with van der Waals surface area (Å²) in [4.78, 5) is 0. The highest BCUT2D eigenvalue weighted by atomic mass is 32.2. The topological polar surface area (TPSA) is 12.0 Å². The van der Waals surface area contributed by atoms with Gasteiger partial charge in [0.2, 0.25) is 0 Å². The van der Waals surface area contributed by atoms with E-state index in [1.54, 1.807) is 11.9 Å². The summed E-state index contributed by atoms with van der Waals surface area (Å²) < 4.78 is 3.82. The second-order valence-electron chi connectivity index (χ2n) is 6.44. The monoisotopic (exact) mass is 265 g/mol. The van der Waals surface area contributed by atoms with E-state index in [0.29, 0.717) is 11.8 Å². The number of rotatable bonds is 4. The molecule has 1 nitrogen and oxygen atoms in total. The fraction of sp³-hybridized carbons (Fsp3) is 0.625. The van der Waals surface area contributed by atoms with Gasteiger partial charge in [-0.2, -0.15) is 0 Å². The average Bonchev–Trinajstić information content (AvgIpc) is 2.24. The third-order valence-electron chi connectivity index (χ3n) is 2.83. The molecule has 1 aromatic carbocycles. The van der Waals surface area contributed by atoms with Gasteiger partial charge in [-0.25, -0.2) is 0 Å². The zero-order valence-corrected chi connectivity index (χ0v) is 13.6. The molecule has 0 bridgehead atoms. The van der Waals surface area contributed by atoms with Gasteiger partial charge in [-0.05, 0) is 55.7 Å². The average molecular weight is 265 g/mol. The fourth-order valence-corrected chi connectivity index (χ4v) is 2.52. The Kier molecular flexibility index (Phi) is 5.15. The molecule has 102 valence electrons. The smallest absolute Gasteiger partial charge is 0.0509 e. The molecule has 0 spiro atoms. The van der Waals surface area contributed by atoms with Crippen LogP contribution in [0.1, 0.15) is 71.4 Å². The van der Waals surface area contributed by atoms with Crippen LogP contribution in [0.25, 0.3) is 0 Å². The summed E-state index contributed by atoms with van der Waals surface area (Å²) in [5, 5.41) is 0. The van der Waals surface area contributed by atoms with Crippen molar-refractivity contribution < 1.29 is 0 Å². The van der Waals surface area contributed by atoms with Crippen LogP contribution in [0.4, 0.5) is 5.69 Å². The molecule has 1 N–H and O–H groups in total. The molecule has 1 aromatic rings. The second-order valence-corrected chi connectivity index (χ2v) is 8.07. The van der Waals surface area contributed by atoms with E-state index in [1.807, 2.05) is 0 Å². The van der Waals surface area contributed by atoms with Gasteiger partial charge in [0.1, 0.15) is 0 Å². The van der Waals surface area contributed by atoms with Crippen molar-refractivity contribution in [3.05, 3.63) is 29.3 Å². The van der Waals surface area contributed by atoms with Gasteiger partial charge in [-0.1, -0.05) is 45.9 Å². The van der Waals surface area contributed by atoms with E-state index in [4.69, 9.17) is 0 Å². The number of anilines is 1. The van der Waals surface area contributed by atoms with Gasteiger partial charge in [0.25, 0.3) is 0 Å². The maximum atomic E-state index is 3.60. The van der Waals surface area contributed by atoms with E-state index in [2.05, 4.69) is 71.4 Å². The van der Waals surface area contributed by atoms with Crippen molar-refractivity contribution in [1.82, 2.24) is 0 Å². The Balaban J connectivity index is 3.11. The van der Waals surface area contributed by atoms with Crippen LogP contribution in [-0.4, -0.2) is 4.75 Å². The highest BCUT2D eigenvalue weighted by Crippen LogP contribution is 2.36. The molecule has 0 atom stereocenters. The molecule has 18 heavy (non-hydrogen) atoms. The van der Waals surface area contributed by atoms with Crippen LogP contribution in [0, 0.1) is 0 Å². The lowest BCUT2D eigenvalue weighted by Gasteiger charge is -2.24. The van der Waals surface area contributed by atoms with E-state index >= 15 is 0 Å². The molecule has 0 unspecified atom stereocenters. The third-order valence-corrected chi connectivity index (χ3v) is 3.75. The first-order valence-corrected chi connectivity index (χ1v) is 7.61. The second kappa shape index (κ2) is 6.01. The first-order chi connectivity index (χ1) is 8.22. The van der Waals surface area contributed by atoms with Crippen LogP contribution in [0.15, 0.2) is 18.2 Å². The predicted octanol–water partition coefficient (Wildman–Crippen LogP) is 5.79. The molecule has 0 heterocycles. The van der Waals surface area contributed by atoms with Gasteiger partial charge in [0.15, 0.2) is 0 Å². The van der Waals surface area contributed by atoms with Crippen molar-refractivity contribution in [2.45, 2.75) is 65.0 Å². The van der Waals surface area contributed by atoms with Crippen molar-refractivity contribution in [1.29, 1.82) is 0 Å². The van der Waals surface area contributed by atoms with Crippen LogP contribution in [0.2, 0.25) is 0 Å². The van der Waals surface area contributed by atoms with Crippen LogP contribution >= 0.6 is 11.9 Å². The number of hydrogen-bond acceptors (Lipinski definition) is 2. The van der Waals surface area contributed by atoms with Crippen molar-refractivity contribution in [3.8, 4) is 0 Å². The predicted molar refractivity (Wildman–Crippen MR) is 85.6 cm³/mol. The molecule has 0 amide bonds. The lowest BCUT2D eigenvalue weighted by atomic mass is 9.93. The largest absolute Gasteiger partial charge is 0.329 e. The minimum Gasteiger partial charge on any atom is -0.329 e. The first-order valence-electron chi connectivity index (χ1n) is 6.79. The van der Waals surface area contributed by atoms with Gasteiger partial charge >= 0.3 is 0 Å². The summed E-state index contributed by atoms with van der Waals surface area (Å²) in [6.07, 6.45) is 0. The Labute approximate surface area is 117 Å². The van der Waals surface area contributed by atoms with E-state index < -0.39 is 0 Å². The SMILES string of the molecule is CC(C)c1cccc(C(C)C)c1NSC(C)(C)C. The Hall–Kier alpha value is -0.630. The van der Waals surface area contributed by atoms with Gasteiger partial charge < -0.3 is 4.72 Å². The van der Waals surface area contributed by atoms with Crippen LogP contribution in [0.3, 0.4) is 0 Å². The standard InChI is InChI=1S/C16H27NS/c1-11(2)13-9-8-10-14(12(3)4)15(13)17-18-16(5,6)7/h8-12,17H,1-7H3. The van der Waals surface area contributed by atoms with Crippen molar-refractivity contribution in [2.75, 3.05) is 4.72 Å². The van der Waals surface area contributed by atoms with Gasteiger partial charge in [0.05, 0.1) is 5.69 Å². The van der Waals surface area contributed by atoms with Gasteiger partial charge in [-0.15, -0.1) is 0 Å². The van der Waals surface area contributed by atoms with Gasteiger partial charge in [-0.3, -0.25) is 0 Å². The van der Waals surface area contributed by atoms with Gasteiger partial charge in [0, 0.05) is 4.75 Å². The normalized spacial score (nSPS) is 12.3. The maximum Gasteiger partial charge on any atom is 0.0509 e. The van der Waals surface area contributed by atoms with Crippen molar-refractivity contribution in [3.63, 3.8) is 0 Å². The minimum absolute atomic E-state index is 0.221. The molecule has 0 fully saturated rings. The number of benzene rings is 1. The quantitative estimate of drug-likeness (QED) is 0.691. The highest BCUT2D eigenvalue weighted by molar-refractivity contribution is 8.01. The van der Waals surface area contributed by atoms with E-state index in [-0.39, 0.29) is 4.75 Å². The zero-order chi connectivity index (χ0) is 13.9. The highest BCUT2D eigenvalue weighted by Gasteiger charge is 2.17. The molecule has 0 radical (unpaired) electrons. The number of nitrogens with one attached hydrogen (secondary N) is 1. The molecule has 0 aliphatic rings. The molecule has 0 aliphatic heterocycles. The number of para-hydroxylation sites is 1. The molecule has 0 aliphatic carbocycles. The molecular formula is C16H27NS. The van der Waals surface area contributed by atoms with Crippen LogP contribution < -0.4 is 4.72 Å². The minimum atomic E-state index is 0.221. The van der Waals surface area contributed by atoms with E-state index in [9.17, 15) is 0 Å². The Morgan fingerprint density at radius 3 is 1.72 bits per heavy atom. The summed E-state index contributed by atoms with van der Waals surface area (Å²) >= 11 is 1.80. The van der Waals surface area contributed by atoms with Crippen LogP contribution in [0.5, 0.6) is 0 Å². The van der Waals surface area contributed by atoms with Crippen molar-refractivity contribution in [2.24, 2.45) is 0 Å². The lowest BCUT2D eigenvalue weighted by Crippen LogP contribution is -2.13. The Bertz CT molecular complexity index is 362.